The molecule has 0 saturated carbocycles. The van der Waals surface area contributed by atoms with E-state index in [1.54, 1.807) is 0 Å². The van der Waals surface area contributed by atoms with E-state index in [4.69, 9.17) is 4.74 Å². The largest absolute Gasteiger partial charge is 0.488 e. The van der Waals surface area contributed by atoms with Gasteiger partial charge in [-0.1, -0.05) is 36.4 Å². The van der Waals surface area contributed by atoms with Gasteiger partial charge in [-0.25, -0.2) is 0 Å². The van der Waals surface area contributed by atoms with Crippen molar-refractivity contribution in [3.63, 3.8) is 0 Å². The Balaban J connectivity index is 1.95. The summed E-state index contributed by atoms with van der Waals surface area (Å²) in [6, 6.07) is 16.4. The number of benzene rings is 2. The molecule has 3 rings (SSSR count). The fourth-order valence-electron chi connectivity index (χ4n) is 2.55. The zero-order valence-electron chi connectivity index (χ0n) is 11.7. The van der Waals surface area contributed by atoms with Crippen LogP contribution in [0.2, 0.25) is 0 Å². The summed E-state index contributed by atoms with van der Waals surface area (Å²) in [6.07, 6.45) is 2.90. The van der Waals surface area contributed by atoms with Crippen molar-refractivity contribution in [2.24, 2.45) is 7.05 Å². The highest BCUT2D eigenvalue weighted by Gasteiger charge is 2.10. The molecule has 101 valence electrons. The SMILES string of the molecule is [CH2]Cc1cn(C)c2cccc(OCc3ccccc3)c12. The van der Waals surface area contributed by atoms with Gasteiger partial charge in [0.25, 0.3) is 0 Å². The van der Waals surface area contributed by atoms with E-state index >= 15 is 0 Å². The second-order valence-electron chi connectivity index (χ2n) is 4.94. The highest BCUT2D eigenvalue weighted by Crippen LogP contribution is 2.31. The van der Waals surface area contributed by atoms with Crippen LogP contribution in [0.15, 0.2) is 54.7 Å². The topological polar surface area (TPSA) is 14.2 Å². The Morgan fingerprint density at radius 1 is 1.05 bits per heavy atom. The first-order chi connectivity index (χ1) is 9.79. The molecule has 1 heterocycles. The van der Waals surface area contributed by atoms with Crippen LogP contribution >= 0.6 is 0 Å². The van der Waals surface area contributed by atoms with E-state index in [0.717, 1.165) is 12.2 Å². The van der Waals surface area contributed by atoms with Crippen molar-refractivity contribution < 1.29 is 4.74 Å². The standard InChI is InChI=1S/C18H18NO/c1-3-15-12-19(2)16-10-7-11-17(18(15)16)20-13-14-8-5-4-6-9-14/h4-12H,1,3,13H2,2H3. The Bertz CT molecular complexity index is 713. The third-order valence-electron chi connectivity index (χ3n) is 3.56. The fourth-order valence-corrected chi connectivity index (χ4v) is 2.55. The van der Waals surface area contributed by atoms with Gasteiger partial charge in [-0.3, -0.25) is 0 Å². The Morgan fingerprint density at radius 2 is 1.85 bits per heavy atom. The van der Waals surface area contributed by atoms with Gasteiger partial charge in [-0.05, 0) is 36.6 Å². The Morgan fingerprint density at radius 3 is 2.60 bits per heavy atom. The van der Waals surface area contributed by atoms with E-state index in [9.17, 15) is 0 Å². The van der Waals surface area contributed by atoms with Gasteiger partial charge in [0.1, 0.15) is 12.4 Å². The number of hydrogen-bond acceptors (Lipinski definition) is 1. The second kappa shape index (κ2) is 5.41. The molecule has 2 nitrogen and oxygen atoms in total. The molecule has 0 spiro atoms. The summed E-state index contributed by atoms with van der Waals surface area (Å²) in [5.41, 5.74) is 3.59. The summed E-state index contributed by atoms with van der Waals surface area (Å²) >= 11 is 0. The summed E-state index contributed by atoms with van der Waals surface area (Å²) in [5, 5.41) is 1.18. The van der Waals surface area contributed by atoms with Crippen molar-refractivity contribution in [3.8, 4) is 5.75 Å². The van der Waals surface area contributed by atoms with Crippen molar-refractivity contribution in [3.05, 3.63) is 72.8 Å². The van der Waals surface area contributed by atoms with Crippen LogP contribution in [-0.4, -0.2) is 4.57 Å². The van der Waals surface area contributed by atoms with Crippen LogP contribution < -0.4 is 4.74 Å². The van der Waals surface area contributed by atoms with Crippen molar-refractivity contribution in [2.75, 3.05) is 0 Å². The lowest BCUT2D eigenvalue weighted by atomic mass is 10.1. The summed E-state index contributed by atoms with van der Waals surface area (Å²) in [4.78, 5) is 0. The maximum absolute atomic E-state index is 6.02. The zero-order chi connectivity index (χ0) is 13.9. The molecule has 0 atom stereocenters. The Labute approximate surface area is 119 Å². The molecule has 0 bridgehead atoms. The molecular weight excluding hydrogens is 246 g/mol. The van der Waals surface area contributed by atoms with Gasteiger partial charge in [0.05, 0.1) is 5.52 Å². The molecule has 20 heavy (non-hydrogen) atoms. The van der Waals surface area contributed by atoms with Crippen LogP contribution in [0, 0.1) is 6.92 Å². The molecule has 0 unspecified atom stereocenters. The molecule has 1 aromatic heterocycles. The van der Waals surface area contributed by atoms with Crippen LogP contribution in [0.25, 0.3) is 10.9 Å². The van der Waals surface area contributed by atoms with Gasteiger partial charge in [0.2, 0.25) is 0 Å². The van der Waals surface area contributed by atoms with Crippen LogP contribution in [0.3, 0.4) is 0 Å². The smallest absolute Gasteiger partial charge is 0.129 e. The molecular formula is C18H18NO. The Kier molecular flexibility index (Phi) is 3.46. The molecule has 2 heteroatoms. The summed E-state index contributed by atoms with van der Waals surface area (Å²) in [7, 11) is 2.06. The third-order valence-corrected chi connectivity index (χ3v) is 3.56. The Hall–Kier alpha value is -2.22. The quantitative estimate of drug-likeness (QED) is 0.691. The summed E-state index contributed by atoms with van der Waals surface area (Å²) in [5.74, 6) is 0.936. The normalized spacial score (nSPS) is 10.9. The predicted octanol–water partition coefficient (Wildman–Crippen LogP) is 4.13. The van der Waals surface area contributed by atoms with Crippen LogP contribution in [0.5, 0.6) is 5.75 Å². The number of ether oxygens (including phenoxy) is 1. The third kappa shape index (κ3) is 2.29. The van der Waals surface area contributed by atoms with Crippen LogP contribution in [0.1, 0.15) is 11.1 Å². The average Bonchev–Trinajstić information content (AvgIpc) is 2.83. The fraction of sp³-hybridized carbons (Fsp3) is 0.167. The van der Waals surface area contributed by atoms with Gasteiger partial charge in [0, 0.05) is 18.6 Å². The van der Waals surface area contributed by atoms with Gasteiger partial charge in [-0.15, -0.1) is 0 Å². The molecule has 3 aromatic rings. The van der Waals surface area contributed by atoms with Crippen molar-refractivity contribution >= 4 is 10.9 Å². The first-order valence-corrected chi connectivity index (χ1v) is 6.82. The first kappa shape index (κ1) is 12.8. The lowest BCUT2D eigenvalue weighted by Crippen LogP contribution is -1.96. The van der Waals surface area contributed by atoms with E-state index in [-0.39, 0.29) is 0 Å². The number of rotatable bonds is 4. The maximum atomic E-state index is 6.02. The van der Waals surface area contributed by atoms with Crippen molar-refractivity contribution in [1.82, 2.24) is 4.57 Å². The maximum Gasteiger partial charge on any atom is 0.129 e. The first-order valence-electron chi connectivity index (χ1n) is 6.82. The van der Waals surface area contributed by atoms with Crippen LogP contribution in [-0.2, 0) is 20.1 Å². The molecule has 0 amide bonds. The number of hydrogen-bond donors (Lipinski definition) is 0. The van der Waals surface area contributed by atoms with Gasteiger partial charge < -0.3 is 9.30 Å². The minimum Gasteiger partial charge on any atom is -0.488 e. The van der Waals surface area contributed by atoms with Crippen molar-refractivity contribution in [2.45, 2.75) is 13.0 Å². The minimum absolute atomic E-state index is 0.589. The van der Waals surface area contributed by atoms with Gasteiger partial charge >= 0.3 is 0 Å². The zero-order valence-corrected chi connectivity index (χ0v) is 11.7. The molecule has 0 fully saturated rings. The minimum atomic E-state index is 0.589. The van der Waals surface area contributed by atoms with E-state index in [1.165, 1.54) is 22.0 Å². The van der Waals surface area contributed by atoms with Crippen molar-refractivity contribution in [1.29, 1.82) is 0 Å². The predicted molar refractivity (Wildman–Crippen MR) is 82.8 cm³/mol. The van der Waals surface area contributed by atoms with Crippen LogP contribution in [0.4, 0.5) is 0 Å². The van der Waals surface area contributed by atoms with Gasteiger partial charge in [-0.2, -0.15) is 0 Å². The molecule has 1 radical (unpaired) electrons. The highest BCUT2D eigenvalue weighted by atomic mass is 16.5. The number of fused-ring (bicyclic) bond motifs is 1. The van der Waals surface area contributed by atoms with Gasteiger partial charge in [0.15, 0.2) is 0 Å². The molecule has 0 saturated heterocycles. The molecule has 2 aromatic carbocycles. The van der Waals surface area contributed by atoms with E-state index in [0.29, 0.717) is 6.61 Å². The molecule has 0 N–H and O–H groups in total. The lowest BCUT2D eigenvalue weighted by molar-refractivity contribution is 0.310. The summed E-state index contributed by atoms with van der Waals surface area (Å²) in [6.45, 7) is 4.60. The number of aryl methyl sites for hydroxylation is 1. The highest BCUT2D eigenvalue weighted by molar-refractivity contribution is 5.90. The van der Waals surface area contributed by atoms with E-state index in [1.807, 2.05) is 30.3 Å². The number of aromatic nitrogens is 1. The monoisotopic (exact) mass is 264 g/mol. The average molecular weight is 264 g/mol. The summed E-state index contributed by atoms with van der Waals surface area (Å²) < 4.78 is 8.15. The molecule has 0 aliphatic heterocycles. The second-order valence-corrected chi connectivity index (χ2v) is 4.94. The number of nitrogens with zero attached hydrogens (tertiary/aromatic N) is 1. The van der Waals surface area contributed by atoms with E-state index < -0.39 is 0 Å². The van der Waals surface area contributed by atoms with E-state index in [2.05, 4.69) is 42.9 Å². The molecule has 0 aliphatic carbocycles. The lowest BCUT2D eigenvalue weighted by Gasteiger charge is -2.09. The molecule has 0 aliphatic rings.